The van der Waals surface area contributed by atoms with Gasteiger partial charge >= 0.3 is 0 Å². The van der Waals surface area contributed by atoms with E-state index in [4.69, 9.17) is 5.73 Å². The zero-order chi connectivity index (χ0) is 15.6. The van der Waals surface area contributed by atoms with Gasteiger partial charge < -0.3 is 16.0 Å². The van der Waals surface area contributed by atoms with Crippen molar-refractivity contribution >= 4 is 23.4 Å². The van der Waals surface area contributed by atoms with Crippen LogP contribution < -0.4 is 16.6 Å². The van der Waals surface area contributed by atoms with E-state index in [9.17, 15) is 4.79 Å². The van der Waals surface area contributed by atoms with Crippen molar-refractivity contribution in [2.24, 2.45) is 0 Å². The lowest BCUT2D eigenvalue weighted by atomic mass is 9.96. The Balaban J connectivity index is 2.41. The van der Waals surface area contributed by atoms with Crippen molar-refractivity contribution in [3.63, 3.8) is 0 Å². The van der Waals surface area contributed by atoms with Crippen molar-refractivity contribution < 1.29 is 0 Å². The number of rotatable bonds is 3. The van der Waals surface area contributed by atoms with E-state index in [2.05, 4.69) is 25.3 Å². The van der Waals surface area contributed by atoms with E-state index in [1.54, 1.807) is 13.1 Å². The van der Waals surface area contributed by atoms with Crippen LogP contribution in [0.1, 0.15) is 26.6 Å². The highest BCUT2D eigenvalue weighted by molar-refractivity contribution is 7.99. The highest BCUT2D eigenvalue weighted by Gasteiger charge is 2.19. The molecule has 0 aliphatic heterocycles. The highest BCUT2D eigenvalue weighted by atomic mass is 32.2. The summed E-state index contributed by atoms with van der Waals surface area (Å²) in [7, 11) is 1.80. The molecule has 0 atom stereocenters. The fraction of sp³-hybridized carbons (Fsp3) is 0.385. The Kier molecular flexibility index (Phi) is 4.17. The van der Waals surface area contributed by atoms with Gasteiger partial charge in [-0.3, -0.25) is 4.79 Å². The minimum Gasteiger partial charge on any atom is -0.383 e. The van der Waals surface area contributed by atoms with Crippen LogP contribution in [-0.4, -0.2) is 27.0 Å². The number of H-pyrrole nitrogens is 1. The lowest BCUT2D eigenvalue weighted by Gasteiger charge is -2.18. The molecule has 0 aliphatic rings. The first-order valence-corrected chi connectivity index (χ1v) is 7.21. The second kappa shape index (κ2) is 5.72. The molecule has 8 heteroatoms. The topological polar surface area (TPSA) is 110 Å². The van der Waals surface area contributed by atoms with Gasteiger partial charge in [0.2, 0.25) is 0 Å². The molecule has 0 saturated heterocycles. The van der Waals surface area contributed by atoms with Gasteiger partial charge in [-0.2, -0.15) is 0 Å². The molecule has 7 nitrogen and oxygen atoms in total. The molecule has 21 heavy (non-hydrogen) atoms. The molecule has 0 bridgehead atoms. The number of hydrogen-bond donors (Lipinski definition) is 3. The average Bonchev–Trinajstić information content (AvgIpc) is 2.36. The summed E-state index contributed by atoms with van der Waals surface area (Å²) in [5.41, 5.74) is 5.11. The lowest BCUT2D eigenvalue weighted by Crippen LogP contribution is -2.17. The van der Waals surface area contributed by atoms with Crippen LogP contribution in [0.25, 0.3) is 0 Å². The number of nitrogens with zero attached hydrogens (tertiary/aromatic N) is 3. The SMILES string of the molecule is CNc1cc(Sc2nc(N)cc(=O)[nH]2)nc(C(C)(C)C)n1. The largest absolute Gasteiger partial charge is 0.383 e. The third kappa shape index (κ3) is 3.94. The van der Waals surface area contributed by atoms with Crippen molar-refractivity contribution in [2.45, 2.75) is 36.4 Å². The minimum absolute atomic E-state index is 0.181. The summed E-state index contributed by atoms with van der Waals surface area (Å²) in [5.74, 6) is 1.60. The van der Waals surface area contributed by atoms with E-state index in [1.165, 1.54) is 17.8 Å². The molecule has 0 radical (unpaired) electrons. The van der Waals surface area contributed by atoms with Crippen molar-refractivity contribution in [1.29, 1.82) is 0 Å². The van der Waals surface area contributed by atoms with Crippen molar-refractivity contribution in [2.75, 3.05) is 18.1 Å². The van der Waals surface area contributed by atoms with Crippen LogP contribution in [0, 0.1) is 0 Å². The minimum atomic E-state index is -0.288. The Morgan fingerprint density at radius 2 is 1.95 bits per heavy atom. The maximum Gasteiger partial charge on any atom is 0.253 e. The summed E-state index contributed by atoms with van der Waals surface area (Å²) in [5, 5.41) is 4.10. The van der Waals surface area contributed by atoms with Gasteiger partial charge in [-0.1, -0.05) is 20.8 Å². The fourth-order valence-corrected chi connectivity index (χ4v) is 2.34. The molecule has 0 spiro atoms. The number of anilines is 2. The molecular formula is C13H18N6OS. The van der Waals surface area contributed by atoms with E-state index in [0.29, 0.717) is 21.8 Å². The second-order valence-corrected chi connectivity index (χ2v) is 6.50. The van der Waals surface area contributed by atoms with E-state index in [0.717, 1.165) is 0 Å². The number of nitrogen functional groups attached to an aromatic ring is 1. The van der Waals surface area contributed by atoms with Crippen LogP contribution >= 0.6 is 11.8 Å². The van der Waals surface area contributed by atoms with E-state index >= 15 is 0 Å². The predicted octanol–water partition coefficient (Wildman–Crippen LogP) is 1.63. The highest BCUT2D eigenvalue weighted by Crippen LogP contribution is 2.27. The Morgan fingerprint density at radius 3 is 2.52 bits per heavy atom. The Bertz CT molecular complexity index is 707. The van der Waals surface area contributed by atoms with Gasteiger partial charge in [0.15, 0.2) is 5.16 Å². The monoisotopic (exact) mass is 306 g/mol. The second-order valence-electron chi connectivity index (χ2n) is 5.49. The van der Waals surface area contributed by atoms with E-state index < -0.39 is 0 Å². The van der Waals surface area contributed by atoms with Crippen LogP contribution in [0.5, 0.6) is 0 Å². The van der Waals surface area contributed by atoms with Gasteiger partial charge in [0.25, 0.3) is 5.56 Å². The van der Waals surface area contributed by atoms with Crippen molar-refractivity contribution in [1.82, 2.24) is 19.9 Å². The number of aromatic nitrogens is 4. The standard InChI is InChI=1S/C13H18N6OS/c1-13(2,3)11-17-8(15-4)6-10(19-11)21-12-16-7(14)5-9(20)18-12/h5-6H,1-4H3,(H,15,17,19)(H3,14,16,18,20). The molecule has 2 aromatic rings. The first-order valence-electron chi connectivity index (χ1n) is 6.40. The van der Waals surface area contributed by atoms with Crippen molar-refractivity contribution in [3.05, 3.63) is 28.3 Å². The van der Waals surface area contributed by atoms with Crippen LogP contribution in [0.4, 0.5) is 11.6 Å². The molecule has 0 fully saturated rings. The maximum atomic E-state index is 11.4. The summed E-state index contributed by atoms with van der Waals surface area (Å²) in [4.78, 5) is 27.1. The van der Waals surface area contributed by atoms with Gasteiger partial charge in [0.05, 0.1) is 0 Å². The molecule has 112 valence electrons. The Hall–Kier alpha value is -2.09. The van der Waals surface area contributed by atoms with Crippen LogP contribution in [-0.2, 0) is 5.41 Å². The number of nitrogens with two attached hydrogens (primary N) is 1. The molecule has 0 aromatic carbocycles. The molecule has 2 rings (SSSR count). The molecule has 0 amide bonds. The predicted molar refractivity (Wildman–Crippen MR) is 83.7 cm³/mol. The summed E-state index contributed by atoms with van der Waals surface area (Å²) in [6.07, 6.45) is 0. The smallest absolute Gasteiger partial charge is 0.253 e. The molecule has 0 saturated carbocycles. The molecule has 2 aromatic heterocycles. The molecule has 2 heterocycles. The number of hydrogen-bond acceptors (Lipinski definition) is 7. The van der Waals surface area contributed by atoms with Gasteiger partial charge in [-0.25, -0.2) is 15.0 Å². The van der Waals surface area contributed by atoms with E-state index in [-0.39, 0.29) is 16.8 Å². The zero-order valence-electron chi connectivity index (χ0n) is 12.4. The van der Waals surface area contributed by atoms with Gasteiger partial charge in [0, 0.05) is 24.6 Å². The van der Waals surface area contributed by atoms with Crippen LogP contribution in [0.2, 0.25) is 0 Å². The Morgan fingerprint density at radius 1 is 1.24 bits per heavy atom. The molecule has 0 unspecified atom stereocenters. The van der Waals surface area contributed by atoms with Gasteiger partial charge in [-0.05, 0) is 11.8 Å². The van der Waals surface area contributed by atoms with E-state index in [1.807, 2.05) is 20.8 Å². The summed E-state index contributed by atoms with van der Waals surface area (Å²) in [6.45, 7) is 6.12. The summed E-state index contributed by atoms with van der Waals surface area (Å²) in [6, 6.07) is 3.03. The quantitative estimate of drug-likeness (QED) is 0.584. The summed E-state index contributed by atoms with van der Waals surface area (Å²) < 4.78 is 0. The Labute approximate surface area is 126 Å². The van der Waals surface area contributed by atoms with Crippen LogP contribution in [0.15, 0.2) is 27.1 Å². The fourth-order valence-electron chi connectivity index (χ4n) is 1.54. The van der Waals surface area contributed by atoms with Gasteiger partial charge in [-0.15, -0.1) is 0 Å². The molecule has 0 aliphatic carbocycles. The van der Waals surface area contributed by atoms with Crippen molar-refractivity contribution in [3.8, 4) is 0 Å². The third-order valence-electron chi connectivity index (χ3n) is 2.57. The molecule has 4 N–H and O–H groups in total. The first-order chi connectivity index (χ1) is 9.77. The summed E-state index contributed by atoms with van der Waals surface area (Å²) >= 11 is 1.24. The molecular weight excluding hydrogens is 288 g/mol. The zero-order valence-corrected chi connectivity index (χ0v) is 13.2. The maximum absolute atomic E-state index is 11.4. The third-order valence-corrected chi connectivity index (χ3v) is 3.38. The number of aromatic amines is 1. The van der Waals surface area contributed by atoms with Gasteiger partial charge in [0.1, 0.15) is 22.5 Å². The number of nitrogens with one attached hydrogen (secondary N) is 2. The normalized spacial score (nSPS) is 11.4. The lowest BCUT2D eigenvalue weighted by molar-refractivity contribution is 0.539. The first kappa shape index (κ1) is 15.3. The average molecular weight is 306 g/mol. The van der Waals surface area contributed by atoms with Crippen LogP contribution in [0.3, 0.4) is 0 Å².